The number of nitrogens with zero attached hydrogens (tertiary/aromatic N) is 3. The van der Waals surface area contributed by atoms with E-state index in [0.29, 0.717) is 35.6 Å². The smallest absolute Gasteiger partial charge is 0.247 e. The lowest BCUT2D eigenvalue weighted by atomic mass is 10.0. The highest BCUT2D eigenvalue weighted by molar-refractivity contribution is 7.13. The summed E-state index contributed by atoms with van der Waals surface area (Å²) in [5.41, 5.74) is 2.62. The lowest BCUT2D eigenvalue weighted by Crippen LogP contribution is -2.40. The molecule has 3 N–H and O–H groups in total. The highest BCUT2D eigenvalue weighted by Crippen LogP contribution is 2.33. The van der Waals surface area contributed by atoms with Gasteiger partial charge in [0.05, 0.1) is 12.2 Å². The molecule has 4 rings (SSSR count). The monoisotopic (exact) mass is 408 g/mol. The third-order valence-electron chi connectivity index (χ3n) is 4.61. The fraction of sp³-hybridized carbons (Fsp3) is 0.333. The Morgan fingerprint density at radius 1 is 1.17 bits per heavy atom. The van der Waals surface area contributed by atoms with Crippen LogP contribution >= 0.6 is 11.3 Å². The maximum absolute atomic E-state index is 12.5. The molecule has 0 spiro atoms. The van der Waals surface area contributed by atoms with Gasteiger partial charge in [-0.1, -0.05) is 44.2 Å². The van der Waals surface area contributed by atoms with Gasteiger partial charge in [-0.3, -0.25) is 4.79 Å². The van der Waals surface area contributed by atoms with Gasteiger partial charge in [-0.05, 0) is 19.3 Å². The molecule has 8 heteroatoms. The first-order chi connectivity index (χ1) is 14.0. The normalized spacial score (nSPS) is 15.6. The Kier molecular flexibility index (Phi) is 5.44. The molecule has 1 aromatic carbocycles. The molecule has 0 fully saturated rings. The predicted molar refractivity (Wildman–Crippen MR) is 117 cm³/mol. The van der Waals surface area contributed by atoms with Gasteiger partial charge in [0.2, 0.25) is 5.91 Å². The molecule has 3 aromatic rings. The van der Waals surface area contributed by atoms with Crippen molar-refractivity contribution in [2.24, 2.45) is 5.92 Å². The Hall–Kier alpha value is -3.00. The number of carbonyl (C=O) groups excluding carboxylic acids is 1. The maximum atomic E-state index is 12.5. The Labute approximate surface area is 174 Å². The molecule has 0 saturated heterocycles. The Morgan fingerprint density at radius 2 is 1.97 bits per heavy atom. The number of fused-ring (bicyclic) bond motifs is 1. The largest absolute Gasteiger partial charge is 0.362 e. The van der Waals surface area contributed by atoms with E-state index in [1.54, 1.807) is 11.3 Å². The number of aryl methyl sites for hydroxylation is 1. The minimum Gasteiger partial charge on any atom is -0.362 e. The molecule has 150 valence electrons. The van der Waals surface area contributed by atoms with Crippen LogP contribution in [0, 0.1) is 12.8 Å². The number of benzene rings is 1. The van der Waals surface area contributed by atoms with Gasteiger partial charge in [0.25, 0.3) is 0 Å². The highest BCUT2D eigenvalue weighted by Gasteiger charge is 2.29. The van der Waals surface area contributed by atoms with Crippen molar-refractivity contribution in [3.8, 4) is 10.6 Å². The van der Waals surface area contributed by atoms with E-state index < -0.39 is 0 Å². The van der Waals surface area contributed by atoms with Gasteiger partial charge in [0.15, 0.2) is 11.6 Å². The van der Waals surface area contributed by atoms with E-state index in [1.807, 2.05) is 30.5 Å². The van der Waals surface area contributed by atoms with Crippen molar-refractivity contribution < 1.29 is 4.79 Å². The van der Waals surface area contributed by atoms with E-state index >= 15 is 0 Å². The van der Waals surface area contributed by atoms with Crippen LogP contribution in [0.3, 0.4) is 0 Å². The van der Waals surface area contributed by atoms with Crippen LogP contribution in [0.5, 0.6) is 0 Å². The number of aromatic nitrogens is 3. The van der Waals surface area contributed by atoms with Crippen LogP contribution < -0.4 is 16.0 Å². The second kappa shape index (κ2) is 8.16. The van der Waals surface area contributed by atoms with Gasteiger partial charge < -0.3 is 16.0 Å². The van der Waals surface area contributed by atoms with Gasteiger partial charge in [-0.25, -0.2) is 15.0 Å². The number of anilines is 3. The lowest BCUT2D eigenvalue weighted by Gasteiger charge is -2.28. The standard InChI is InChI=1S/C21H24N6OS/c1-12(2)9-16-20(28)27-17-18(23-13(3)24-19(17)26-16)22-10-15-11-29-21(25-15)14-7-5-4-6-8-14/h4-8,11-12,16H,9-10H2,1-3H3,(H,27,28)(H2,22,23,24,26). The first kappa shape index (κ1) is 19.3. The van der Waals surface area contributed by atoms with Crippen molar-refractivity contribution in [3.05, 3.63) is 47.2 Å². The molecular weight excluding hydrogens is 384 g/mol. The molecule has 0 saturated carbocycles. The molecule has 1 aliphatic heterocycles. The van der Waals surface area contributed by atoms with E-state index in [9.17, 15) is 4.79 Å². The fourth-order valence-corrected chi connectivity index (χ4v) is 4.10. The maximum Gasteiger partial charge on any atom is 0.247 e. The molecular formula is C21H24N6OS. The molecule has 7 nitrogen and oxygen atoms in total. The van der Waals surface area contributed by atoms with Crippen molar-refractivity contribution in [1.82, 2.24) is 15.0 Å². The van der Waals surface area contributed by atoms with Crippen LogP contribution in [0.4, 0.5) is 17.3 Å². The van der Waals surface area contributed by atoms with Crippen molar-refractivity contribution in [3.63, 3.8) is 0 Å². The van der Waals surface area contributed by atoms with Crippen LogP contribution in [0.2, 0.25) is 0 Å². The van der Waals surface area contributed by atoms with Crippen molar-refractivity contribution in [2.75, 3.05) is 16.0 Å². The fourth-order valence-electron chi connectivity index (χ4n) is 3.28. The summed E-state index contributed by atoms with van der Waals surface area (Å²) < 4.78 is 0. The number of carbonyl (C=O) groups is 1. The summed E-state index contributed by atoms with van der Waals surface area (Å²) in [7, 11) is 0. The van der Waals surface area contributed by atoms with Gasteiger partial charge in [0, 0.05) is 10.9 Å². The minimum atomic E-state index is -0.281. The number of amides is 1. The van der Waals surface area contributed by atoms with Crippen LogP contribution in [-0.4, -0.2) is 26.9 Å². The molecule has 0 bridgehead atoms. The Bertz CT molecular complexity index is 1020. The predicted octanol–water partition coefficient (Wildman–Crippen LogP) is 4.30. The highest BCUT2D eigenvalue weighted by atomic mass is 32.1. The SMILES string of the molecule is Cc1nc(NCc2csc(-c3ccccc3)n2)c2c(n1)NC(CC(C)C)C(=O)N2. The molecule has 1 aliphatic rings. The minimum absolute atomic E-state index is 0.0540. The van der Waals surface area contributed by atoms with E-state index in [4.69, 9.17) is 4.98 Å². The number of nitrogens with one attached hydrogen (secondary N) is 3. The van der Waals surface area contributed by atoms with Crippen molar-refractivity contribution in [1.29, 1.82) is 0 Å². The molecule has 0 radical (unpaired) electrons. The zero-order chi connectivity index (χ0) is 20.4. The summed E-state index contributed by atoms with van der Waals surface area (Å²) in [5.74, 6) is 2.26. The number of hydrogen-bond acceptors (Lipinski definition) is 7. The van der Waals surface area contributed by atoms with Gasteiger partial charge >= 0.3 is 0 Å². The summed E-state index contributed by atoms with van der Waals surface area (Å²) in [6.07, 6.45) is 0.748. The summed E-state index contributed by atoms with van der Waals surface area (Å²) >= 11 is 1.61. The third kappa shape index (κ3) is 4.37. The molecule has 1 unspecified atom stereocenters. The van der Waals surface area contributed by atoms with E-state index in [0.717, 1.165) is 22.7 Å². The molecule has 2 aromatic heterocycles. The number of rotatable bonds is 6. The lowest BCUT2D eigenvalue weighted by molar-refractivity contribution is -0.117. The number of thiazole rings is 1. The van der Waals surface area contributed by atoms with Gasteiger partial charge in [-0.2, -0.15) is 0 Å². The van der Waals surface area contributed by atoms with E-state index in [1.165, 1.54) is 0 Å². The Balaban J connectivity index is 1.51. The molecule has 29 heavy (non-hydrogen) atoms. The summed E-state index contributed by atoms with van der Waals surface area (Å²) in [6, 6.07) is 9.83. The van der Waals surface area contributed by atoms with Gasteiger partial charge in [-0.15, -0.1) is 11.3 Å². The molecule has 0 aliphatic carbocycles. The van der Waals surface area contributed by atoms with Gasteiger partial charge in [0.1, 0.15) is 22.6 Å². The molecule has 3 heterocycles. The second-order valence-corrected chi connectivity index (χ2v) is 8.38. The summed E-state index contributed by atoms with van der Waals surface area (Å²) in [5, 5.41) is 12.6. The van der Waals surface area contributed by atoms with Crippen LogP contribution in [0.25, 0.3) is 10.6 Å². The first-order valence-electron chi connectivity index (χ1n) is 9.69. The zero-order valence-corrected chi connectivity index (χ0v) is 17.5. The topological polar surface area (TPSA) is 91.8 Å². The second-order valence-electron chi connectivity index (χ2n) is 7.52. The quantitative estimate of drug-likeness (QED) is 0.563. The van der Waals surface area contributed by atoms with Crippen LogP contribution in [-0.2, 0) is 11.3 Å². The van der Waals surface area contributed by atoms with E-state index in [-0.39, 0.29) is 11.9 Å². The van der Waals surface area contributed by atoms with Crippen LogP contribution in [0.1, 0.15) is 31.8 Å². The summed E-state index contributed by atoms with van der Waals surface area (Å²) in [4.78, 5) is 26.2. The summed E-state index contributed by atoms with van der Waals surface area (Å²) in [6.45, 7) is 6.55. The van der Waals surface area contributed by atoms with Crippen molar-refractivity contribution >= 4 is 34.6 Å². The zero-order valence-electron chi connectivity index (χ0n) is 16.7. The average molecular weight is 409 g/mol. The number of hydrogen-bond donors (Lipinski definition) is 3. The molecule has 1 atom stereocenters. The third-order valence-corrected chi connectivity index (χ3v) is 5.55. The molecule has 1 amide bonds. The van der Waals surface area contributed by atoms with Crippen molar-refractivity contribution in [2.45, 2.75) is 39.8 Å². The van der Waals surface area contributed by atoms with Crippen LogP contribution in [0.15, 0.2) is 35.7 Å². The average Bonchev–Trinajstić information content (AvgIpc) is 3.16. The van der Waals surface area contributed by atoms with E-state index in [2.05, 4.69) is 51.9 Å². The first-order valence-corrected chi connectivity index (χ1v) is 10.6. The Morgan fingerprint density at radius 3 is 2.72 bits per heavy atom.